The van der Waals surface area contributed by atoms with Crippen LogP contribution in [0.1, 0.15) is 59.5 Å². The van der Waals surface area contributed by atoms with Gasteiger partial charge in [-0.15, -0.1) is 0 Å². The van der Waals surface area contributed by atoms with Crippen LogP contribution in [0.25, 0.3) is 0 Å². The zero-order chi connectivity index (χ0) is 25.2. The highest BCUT2D eigenvalue weighted by atomic mass is 32.1. The highest BCUT2D eigenvalue weighted by Crippen LogP contribution is 2.19. The second kappa shape index (κ2) is 12.7. The van der Waals surface area contributed by atoms with E-state index in [-0.39, 0.29) is 23.0 Å². The minimum atomic E-state index is -0.367. The molecular formula is C28H31N3O3S. The Morgan fingerprint density at radius 1 is 0.886 bits per heavy atom. The van der Waals surface area contributed by atoms with Gasteiger partial charge in [-0.3, -0.25) is 14.9 Å². The van der Waals surface area contributed by atoms with E-state index >= 15 is 0 Å². The molecule has 0 heterocycles. The highest BCUT2D eigenvalue weighted by molar-refractivity contribution is 7.80. The molecule has 3 aromatic carbocycles. The third-order valence-electron chi connectivity index (χ3n) is 5.34. The van der Waals surface area contributed by atoms with E-state index in [1.807, 2.05) is 43.3 Å². The number of hydrogen-bond donors (Lipinski definition) is 3. The molecule has 0 saturated heterocycles. The maximum atomic E-state index is 12.8. The molecule has 6 nitrogen and oxygen atoms in total. The first kappa shape index (κ1) is 25.9. The molecule has 0 aliphatic rings. The normalized spacial score (nSPS) is 11.4. The Balaban J connectivity index is 1.59. The van der Waals surface area contributed by atoms with Gasteiger partial charge < -0.3 is 15.4 Å². The van der Waals surface area contributed by atoms with Crippen LogP contribution in [0.5, 0.6) is 5.75 Å². The largest absolute Gasteiger partial charge is 0.493 e. The van der Waals surface area contributed by atoms with Crippen LogP contribution in [0.2, 0.25) is 0 Å². The first-order chi connectivity index (χ1) is 16.8. The van der Waals surface area contributed by atoms with Crippen LogP contribution < -0.4 is 20.7 Å². The molecule has 2 amide bonds. The first-order valence-corrected chi connectivity index (χ1v) is 12.0. The molecule has 0 aromatic heterocycles. The van der Waals surface area contributed by atoms with E-state index in [1.54, 1.807) is 42.5 Å². The summed E-state index contributed by atoms with van der Waals surface area (Å²) in [5.74, 6) is 0.451. The van der Waals surface area contributed by atoms with Crippen molar-refractivity contribution in [3.8, 4) is 5.75 Å². The highest BCUT2D eigenvalue weighted by Gasteiger charge is 2.15. The van der Waals surface area contributed by atoms with Crippen molar-refractivity contribution >= 4 is 34.8 Å². The molecule has 3 aromatic rings. The van der Waals surface area contributed by atoms with Crippen molar-refractivity contribution in [3.63, 3.8) is 0 Å². The number of carbonyl (C=O) groups excluding carboxylic acids is 2. The molecule has 0 radical (unpaired) electrons. The summed E-state index contributed by atoms with van der Waals surface area (Å²) in [5.41, 5.74) is 2.50. The van der Waals surface area contributed by atoms with Crippen molar-refractivity contribution in [2.45, 2.75) is 33.2 Å². The summed E-state index contributed by atoms with van der Waals surface area (Å²) in [6, 6.07) is 23.6. The fraction of sp³-hybridized carbons (Fsp3) is 0.250. The summed E-state index contributed by atoms with van der Waals surface area (Å²) < 4.78 is 5.81. The summed E-state index contributed by atoms with van der Waals surface area (Å²) in [6.45, 7) is 6.70. The number of ether oxygens (including phenoxy) is 1. The molecule has 0 aliphatic carbocycles. The Kier molecular flexibility index (Phi) is 9.38. The summed E-state index contributed by atoms with van der Waals surface area (Å²) in [6.07, 6.45) is 0.893. The lowest BCUT2D eigenvalue weighted by molar-refractivity contribution is 0.0937. The average molecular weight is 490 g/mol. The van der Waals surface area contributed by atoms with Gasteiger partial charge in [0.15, 0.2) is 5.11 Å². The summed E-state index contributed by atoms with van der Waals surface area (Å²) in [7, 11) is 0. The maximum absolute atomic E-state index is 12.8. The van der Waals surface area contributed by atoms with Crippen LogP contribution in [-0.4, -0.2) is 23.5 Å². The molecule has 3 rings (SSSR count). The van der Waals surface area contributed by atoms with Gasteiger partial charge in [0, 0.05) is 11.3 Å². The molecule has 0 aliphatic heterocycles. The Hall–Kier alpha value is -3.71. The molecule has 3 N–H and O–H groups in total. The summed E-state index contributed by atoms with van der Waals surface area (Å²) in [4.78, 5) is 25.6. The molecule has 182 valence electrons. The lowest BCUT2D eigenvalue weighted by Gasteiger charge is -2.15. The Morgan fingerprint density at radius 3 is 2.34 bits per heavy atom. The number of para-hydroxylation sites is 1. The van der Waals surface area contributed by atoms with Crippen molar-refractivity contribution in [2.24, 2.45) is 5.92 Å². The van der Waals surface area contributed by atoms with E-state index in [2.05, 4.69) is 29.8 Å². The maximum Gasteiger partial charge on any atom is 0.261 e. The third kappa shape index (κ3) is 7.93. The SMILES string of the molecule is CC(C)CCOc1ccccc1C(=O)NC(=S)Nc1cccc(C(=O)NC(C)c2ccccc2)c1. The molecule has 7 heteroatoms. The number of rotatable bonds is 9. The second-order valence-corrected chi connectivity index (χ2v) is 9.03. The molecule has 0 bridgehead atoms. The van der Waals surface area contributed by atoms with Gasteiger partial charge >= 0.3 is 0 Å². The van der Waals surface area contributed by atoms with Crippen LogP contribution in [0.4, 0.5) is 5.69 Å². The van der Waals surface area contributed by atoms with Crippen molar-refractivity contribution < 1.29 is 14.3 Å². The number of anilines is 1. The van der Waals surface area contributed by atoms with Gasteiger partial charge in [-0.05, 0) is 67.4 Å². The fourth-order valence-corrected chi connectivity index (χ4v) is 3.57. The lowest BCUT2D eigenvalue weighted by Crippen LogP contribution is -2.34. The van der Waals surface area contributed by atoms with Gasteiger partial charge in [-0.2, -0.15) is 0 Å². The number of thiocarbonyl (C=S) groups is 1. The number of benzene rings is 3. The second-order valence-electron chi connectivity index (χ2n) is 8.62. The predicted octanol–water partition coefficient (Wildman–Crippen LogP) is 5.73. The standard InChI is InChI=1S/C28H31N3O3S/c1-19(2)16-17-34-25-15-8-7-14-24(25)27(33)31-28(35)30-23-13-9-12-22(18-23)26(32)29-20(3)21-10-5-4-6-11-21/h4-15,18-20H,16-17H2,1-3H3,(H,29,32)(H2,30,31,33,35). The molecule has 1 atom stereocenters. The molecule has 0 spiro atoms. The van der Waals surface area contributed by atoms with Crippen LogP contribution >= 0.6 is 12.2 Å². The van der Waals surface area contributed by atoms with Gasteiger partial charge in [0.05, 0.1) is 18.2 Å². The molecule has 0 saturated carbocycles. The van der Waals surface area contributed by atoms with Gasteiger partial charge in [0.25, 0.3) is 11.8 Å². The Bertz CT molecular complexity index is 1160. The van der Waals surface area contributed by atoms with E-state index in [9.17, 15) is 9.59 Å². The summed E-state index contributed by atoms with van der Waals surface area (Å²) in [5, 5.41) is 8.79. The minimum Gasteiger partial charge on any atom is -0.493 e. The molecule has 0 fully saturated rings. The van der Waals surface area contributed by atoms with Gasteiger partial charge in [-0.25, -0.2) is 0 Å². The Morgan fingerprint density at radius 2 is 1.60 bits per heavy atom. The van der Waals surface area contributed by atoms with Gasteiger partial charge in [0.1, 0.15) is 5.75 Å². The monoisotopic (exact) mass is 489 g/mol. The first-order valence-electron chi connectivity index (χ1n) is 11.6. The third-order valence-corrected chi connectivity index (χ3v) is 5.55. The zero-order valence-electron chi connectivity index (χ0n) is 20.2. The number of amides is 2. The smallest absolute Gasteiger partial charge is 0.261 e. The van der Waals surface area contributed by atoms with Crippen LogP contribution in [0, 0.1) is 5.92 Å². The average Bonchev–Trinajstić information content (AvgIpc) is 2.84. The van der Waals surface area contributed by atoms with Gasteiger partial charge in [0.2, 0.25) is 0 Å². The van der Waals surface area contributed by atoms with Crippen LogP contribution in [0.3, 0.4) is 0 Å². The molecule has 1 unspecified atom stereocenters. The van der Waals surface area contributed by atoms with Gasteiger partial charge in [-0.1, -0.05) is 62.4 Å². The van der Waals surface area contributed by atoms with Crippen molar-refractivity contribution in [1.29, 1.82) is 0 Å². The van der Waals surface area contributed by atoms with Crippen molar-refractivity contribution in [3.05, 3.63) is 95.6 Å². The quantitative estimate of drug-likeness (QED) is 0.335. The predicted molar refractivity (Wildman–Crippen MR) is 144 cm³/mol. The summed E-state index contributed by atoms with van der Waals surface area (Å²) >= 11 is 5.34. The number of hydrogen-bond acceptors (Lipinski definition) is 4. The Labute approximate surface area is 212 Å². The van der Waals surface area contributed by atoms with E-state index in [1.165, 1.54) is 0 Å². The van der Waals surface area contributed by atoms with Crippen molar-refractivity contribution in [1.82, 2.24) is 10.6 Å². The van der Waals surface area contributed by atoms with E-state index in [0.717, 1.165) is 12.0 Å². The van der Waals surface area contributed by atoms with Crippen LogP contribution in [0.15, 0.2) is 78.9 Å². The van der Waals surface area contributed by atoms with Crippen LogP contribution in [-0.2, 0) is 0 Å². The fourth-order valence-electron chi connectivity index (χ4n) is 3.36. The van der Waals surface area contributed by atoms with E-state index in [4.69, 9.17) is 17.0 Å². The number of carbonyl (C=O) groups is 2. The van der Waals surface area contributed by atoms with E-state index in [0.29, 0.717) is 35.1 Å². The number of nitrogens with one attached hydrogen (secondary N) is 3. The van der Waals surface area contributed by atoms with Crippen molar-refractivity contribution in [2.75, 3.05) is 11.9 Å². The molecule has 35 heavy (non-hydrogen) atoms. The zero-order valence-corrected chi connectivity index (χ0v) is 21.0. The minimum absolute atomic E-state index is 0.127. The lowest BCUT2D eigenvalue weighted by atomic mass is 10.1. The molecular weight excluding hydrogens is 458 g/mol. The van der Waals surface area contributed by atoms with E-state index < -0.39 is 0 Å². The topological polar surface area (TPSA) is 79.5 Å².